The van der Waals surface area contributed by atoms with Crippen LogP contribution in [0.25, 0.3) is 11.0 Å². The monoisotopic (exact) mass is 440 g/mol. The Kier molecular flexibility index (Phi) is 5.93. The highest BCUT2D eigenvalue weighted by Gasteiger charge is 2.21. The molecule has 7 heteroatoms. The van der Waals surface area contributed by atoms with E-state index in [1.165, 1.54) is 0 Å². The zero-order chi connectivity index (χ0) is 21.1. The molecule has 0 aliphatic carbocycles. The summed E-state index contributed by atoms with van der Waals surface area (Å²) >= 11 is 12.2. The molecule has 30 heavy (non-hydrogen) atoms. The minimum absolute atomic E-state index is 0.173. The van der Waals surface area contributed by atoms with Crippen LogP contribution in [0.3, 0.4) is 0 Å². The third-order valence-electron chi connectivity index (χ3n) is 4.61. The van der Waals surface area contributed by atoms with E-state index in [4.69, 9.17) is 32.7 Å². The largest absolute Gasteiger partial charge is 0.489 e. The number of rotatable bonds is 7. The van der Waals surface area contributed by atoms with Crippen LogP contribution in [0.2, 0.25) is 10.0 Å². The number of aromatic amines is 1. The highest BCUT2D eigenvalue weighted by atomic mass is 35.5. The minimum Gasteiger partial charge on any atom is -0.489 e. The van der Waals surface area contributed by atoms with Gasteiger partial charge in [-0.3, -0.25) is 4.79 Å². The Morgan fingerprint density at radius 3 is 2.73 bits per heavy atom. The van der Waals surface area contributed by atoms with Gasteiger partial charge < -0.3 is 14.5 Å². The lowest BCUT2D eigenvalue weighted by Gasteiger charge is -2.15. The summed E-state index contributed by atoms with van der Waals surface area (Å²) in [6, 6.07) is 14.1. The van der Waals surface area contributed by atoms with Gasteiger partial charge in [0.1, 0.15) is 12.3 Å². The predicted octanol–water partition coefficient (Wildman–Crippen LogP) is 6.08. The van der Waals surface area contributed by atoms with Crippen LogP contribution < -0.4 is 9.47 Å². The second-order valence-corrected chi connectivity index (χ2v) is 7.36. The molecule has 152 valence electrons. The number of hydrogen-bond acceptors (Lipinski definition) is 4. The molecule has 0 saturated heterocycles. The number of carbonyl (C=O) groups excluding carboxylic acids is 1. The van der Waals surface area contributed by atoms with Gasteiger partial charge in [0.2, 0.25) is 0 Å². The molecule has 0 saturated carbocycles. The SMILES string of the molecule is CCOc1c(OCc2ccc(Cl)cc2Cl)cccc1C(=O)c1c[nH]c2ncccc12. The van der Waals surface area contributed by atoms with Crippen molar-refractivity contribution in [3.05, 3.63) is 87.7 Å². The van der Waals surface area contributed by atoms with Crippen molar-refractivity contribution in [3.63, 3.8) is 0 Å². The van der Waals surface area contributed by atoms with Crippen molar-refractivity contribution in [2.45, 2.75) is 13.5 Å². The van der Waals surface area contributed by atoms with E-state index in [1.807, 2.05) is 13.0 Å². The number of benzene rings is 2. The number of pyridine rings is 1. The van der Waals surface area contributed by atoms with Crippen LogP contribution in [0.5, 0.6) is 11.5 Å². The first-order valence-corrected chi connectivity index (χ1v) is 10.1. The minimum atomic E-state index is -0.173. The number of hydrogen-bond donors (Lipinski definition) is 1. The van der Waals surface area contributed by atoms with E-state index < -0.39 is 0 Å². The van der Waals surface area contributed by atoms with E-state index >= 15 is 0 Å². The van der Waals surface area contributed by atoms with Gasteiger partial charge in [0.05, 0.1) is 12.2 Å². The molecule has 0 radical (unpaired) electrons. The Morgan fingerprint density at radius 1 is 1.07 bits per heavy atom. The maximum atomic E-state index is 13.3. The van der Waals surface area contributed by atoms with Crippen LogP contribution in [0.15, 0.2) is 60.9 Å². The summed E-state index contributed by atoms with van der Waals surface area (Å²) in [6.45, 7) is 2.46. The maximum absolute atomic E-state index is 13.3. The summed E-state index contributed by atoms with van der Waals surface area (Å²) in [5.41, 5.74) is 2.38. The molecule has 0 unspecified atom stereocenters. The molecule has 0 bridgehead atoms. The third-order valence-corrected chi connectivity index (χ3v) is 5.19. The molecule has 0 spiro atoms. The normalized spacial score (nSPS) is 10.9. The fourth-order valence-corrected chi connectivity index (χ4v) is 3.65. The van der Waals surface area contributed by atoms with Crippen LogP contribution >= 0.6 is 23.2 Å². The highest BCUT2D eigenvalue weighted by molar-refractivity contribution is 6.35. The summed E-state index contributed by atoms with van der Waals surface area (Å²) in [5.74, 6) is 0.688. The number of aromatic nitrogens is 2. The molecular weight excluding hydrogens is 423 g/mol. The van der Waals surface area contributed by atoms with Crippen molar-refractivity contribution in [2.75, 3.05) is 6.61 Å². The van der Waals surface area contributed by atoms with Crippen molar-refractivity contribution in [1.82, 2.24) is 9.97 Å². The van der Waals surface area contributed by atoms with Gasteiger partial charge in [0.15, 0.2) is 17.3 Å². The molecule has 0 aliphatic rings. The molecule has 0 fully saturated rings. The van der Waals surface area contributed by atoms with Crippen molar-refractivity contribution < 1.29 is 14.3 Å². The fraction of sp³-hybridized carbons (Fsp3) is 0.130. The molecule has 4 rings (SSSR count). The van der Waals surface area contributed by atoms with E-state index in [0.29, 0.717) is 44.9 Å². The summed E-state index contributed by atoms with van der Waals surface area (Å²) < 4.78 is 11.8. The summed E-state index contributed by atoms with van der Waals surface area (Å²) in [5, 5.41) is 1.82. The molecule has 5 nitrogen and oxygen atoms in total. The molecular formula is C23H18Cl2N2O3. The Labute approximate surface area is 183 Å². The Balaban J connectivity index is 1.68. The van der Waals surface area contributed by atoms with E-state index in [9.17, 15) is 4.79 Å². The number of carbonyl (C=O) groups is 1. The van der Waals surface area contributed by atoms with Gasteiger partial charge in [-0.1, -0.05) is 35.3 Å². The zero-order valence-electron chi connectivity index (χ0n) is 16.1. The van der Waals surface area contributed by atoms with Crippen LogP contribution in [-0.2, 0) is 6.61 Å². The Hall–Kier alpha value is -3.02. The predicted molar refractivity (Wildman–Crippen MR) is 118 cm³/mol. The molecule has 2 heterocycles. The molecule has 0 atom stereocenters. The Morgan fingerprint density at radius 2 is 1.93 bits per heavy atom. The fourth-order valence-electron chi connectivity index (χ4n) is 3.18. The number of ether oxygens (including phenoxy) is 2. The van der Waals surface area contributed by atoms with Crippen LogP contribution in [0, 0.1) is 0 Å². The van der Waals surface area contributed by atoms with Crippen LogP contribution in [0.1, 0.15) is 28.4 Å². The van der Waals surface area contributed by atoms with Gasteiger partial charge in [0.25, 0.3) is 0 Å². The standard InChI is InChI=1S/C23H18Cl2N2O3/c1-2-29-22-17(21(28)18-12-27-23-16(18)6-4-10-26-23)5-3-7-20(22)30-13-14-8-9-15(24)11-19(14)25/h3-12H,2,13H2,1H3,(H,26,27). The number of para-hydroxylation sites is 1. The summed E-state index contributed by atoms with van der Waals surface area (Å²) in [6.07, 6.45) is 3.34. The van der Waals surface area contributed by atoms with E-state index in [-0.39, 0.29) is 12.4 Å². The zero-order valence-corrected chi connectivity index (χ0v) is 17.6. The summed E-state index contributed by atoms with van der Waals surface area (Å²) in [4.78, 5) is 20.6. The van der Waals surface area contributed by atoms with Gasteiger partial charge >= 0.3 is 0 Å². The van der Waals surface area contributed by atoms with Crippen molar-refractivity contribution in [2.24, 2.45) is 0 Å². The first kappa shape index (κ1) is 20.3. The first-order valence-electron chi connectivity index (χ1n) is 9.37. The maximum Gasteiger partial charge on any atom is 0.199 e. The average Bonchev–Trinajstić information content (AvgIpc) is 3.18. The lowest BCUT2D eigenvalue weighted by Crippen LogP contribution is -2.07. The molecule has 2 aromatic carbocycles. The Bertz CT molecular complexity index is 1220. The molecule has 0 amide bonds. The van der Waals surface area contributed by atoms with Gasteiger partial charge in [-0.05, 0) is 43.3 Å². The van der Waals surface area contributed by atoms with Gasteiger partial charge in [0, 0.05) is 39.0 Å². The second kappa shape index (κ2) is 8.78. The quantitative estimate of drug-likeness (QED) is 0.353. The molecule has 2 aromatic heterocycles. The second-order valence-electron chi connectivity index (χ2n) is 6.52. The number of nitrogens with one attached hydrogen (secondary N) is 1. The number of halogens is 2. The smallest absolute Gasteiger partial charge is 0.199 e. The van der Waals surface area contributed by atoms with E-state index in [2.05, 4.69) is 9.97 Å². The number of nitrogens with zero attached hydrogens (tertiary/aromatic N) is 1. The van der Waals surface area contributed by atoms with E-state index in [0.717, 1.165) is 10.9 Å². The first-order chi connectivity index (χ1) is 14.6. The average molecular weight is 441 g/mol. The lowest BCUT2D eigenvalue weighted by atomic mass is 10.0. The van der Waals surface area contributed by atoms with Gasteiger partial charge in [-0.2, -0.15) is 0 Å². The number of H-pyrrole nitrogens is 1. The third kappa shape index (κ3) is 3.99. The van der Waals surface area contributed by atoms with Gasteiger partial charge in [-0.25, -0.2) is 4.98 Å². The van der Waals surface area contributed by atoms with Crippen LogP contribution in [-0.4, -0.2) is 22.4 Å². The number of fused-ring (bicyclic) bond motifs is 1. The molecule has 0 aliphatic heterocycles. The van der Waals surface area contributed by atoms with Crippen molar-refractivity contribution in [3.8, 4) is 11.5 Å². The number of ketones is 1. The van der Waals surface area contributed by atoms with E-state index in [1.54, 1.807) is 54.9 Å². The van der Waals surface area contributed by atoms with Crippen molar-refractivity contribution in [1.29, 1.82) is 0 Å². The molecule has 4 aromatic rings. The summed E-state index contributed by atoms with van der Waals surface area (Å²) in [7, 11) is 0. The van der Waals surface area contributed by atoms with Crippen molar-refractivity contribution >= 4 is 40.0 Å². The topological polar surface area (TPSA) is 64.2 Å². The van der Waals surface area contributed by atoms with Gasteiger partial charge in [-0.15, -0.1) is 0 Å². The lowest BCUT2D eigenvalue weighted by molar-refractivity contribution is 0.103. The molecule has 1 N–H and O–H groups in total. The van der Waals surface area contributed by atoms with Crippen LogP contribution in [0.4, 0.5) is 0 Å². The highest BCUT2D eigenvalue weighted by Crippen LogP contribution is 2.35.